The Morgan fingerprint density at radius 1 is 1.33 bits per heavy atom. The summed E-state index contributed by atoms with van der Waals surface area (Å²) >= 11 is 0. The highest BCUT2D eigenvalue weighted by atomic mass is 16.5. The summed E-state index contributed by atoms with van der Waals surface area (Å²) in [6.07, 6.45) is 1.41. The molecule has 0 saturated heterocycles. The molecule has 102 valence electrons. The Morgan fingerprint density at radius 3 is 2.67 bits per heavy atom. The number of rotatable bonds is 8. The third-order valence-corrected chi connectivity index (χ3v) is 2.13. The fourth-order valence-corrected chi connectivity index (χ4v) is 1.36. The van der Waals surface area contributed by atoms with E-state index in [-0.39, 0.29) is 0 Å². The maximum atomic E-state index is 5.46. The molecule has 18 heavy (non-hydrogen) atoms. The van der Waals surface area contributed by atoms with Crippen LogP contribution in [0.4, 0.5) is 11.6 Å². The van der Waals surface area contributed by atoms with Crippen molar-refractivity contribution in [3.63, 3.8) is 0 Å². The van der Waals surface area contributed by atoms with Crippen LogP contribution in [-0.2, 0) is 4.74 Å². The van der Waals surface area contributed by atoms with Gasteiger partial charge in [-0.3, -0.25) is 0 Å². The van der Waals surface area contributed by atoms with Gasteiger partial charge in [-0.25, -0.2) is 15.8 Å². The highest BCUT2D eigenvalue weighted by molar-refractivity contribution is 5.62. The standard InChI is InChI=1S/C11H21N5O2/c1-8(2)6-18-5-4-13-10-9(17-3)11(16-12)15-7-14-10/h7-8H,4-6,12H2,1-3H3,(H2,13,14,15,16). The summed E-state index contributed by atoms with van der Waals surface area (Å²) in [6, 6.07) is 0. The van der Waals surface area contributed by atoms with Crippen LogP contribution < -0.4 is 21.3 Å². The maximum absolute atomic E-state index is 5.46. The third kappa shape index (κ3) is 4.34. The van der Waals surface area contributed by atoms with Gasteiger partial charge < -0.3 is 20.2 Å². The third-order valence-electron chi connectivity index (χ3n) is 2.13. The lowest BCUT2D eigenvalue weighted by atomic mass is 10.2. The van der Waals surface area contributed by atoms with Crippen molar-refractivity contribution in [1.29, 1.82) is 0 Å². The Balaban J connectivity index is 2.46. The normalized spacial score (nSPS) is 10.5. The number of aromatic nitrogens is 2. The van der Waals surface area contributed by atoms with Crippen LogP contribution in [0.2, 0.25) is 0 Å². The first-order valence-electron chi connectivity index (χ1n) is 5.86. The number of methoxy groups -OCH3 is 1. The van der Waals surface area contributed by atoms with Gasteiger partial charge in [-0.1, -0.05) is 13.8 Å². The molecule has 0 aromatic carbocycles. The molecule has 0 saturated carbocycles. The van der Waals surface area contributed by atoms with Gasteiger partial charge in [0.2, 0.25) is 5.75 Å². The van der Waals surface area contributed by atoms with Gasteiger partial charge in [-0.05, 0) is 5.92 Å². The van der Waals surface area contributed by atoms with Crippen molar-refractivity contribution >= 4 is 11.6 Å². The van der Waals surface area contributed by atoms with E-state index in [1.165, 1.54) is 6.33 Å². The molecule has 0 unspecified atom stereocenters. The van der Waals surface area contributed by atoms with Crippen molar-refractivity contribution in [2.45, 2.75) is 13.8 Å². The quantitative estimate of drug-likeness (QED) is 0.360. The number of nitrogen functional groups attached to an aromatic ring is 1. The molecule has 0 radical (unpaired) electrons. The van der Waals surface area contributed by atoms with Crippen LogP contribution in [0.5, 0.6) is 5.75 Å². The molecule has 7 nitrogen and oxygen atoms in total. The molecule has 0 aliphatic carbocycles. The van der Waals surface area contributed by atoms with Crippen molar-refractivity contribution in [2.24, 2.45) is 11.8 Å². The molecule has 1 rings (SSSR count). The first-order valence-corrected chi connectivity index (χ1v) is 5.86. The monoisotopic (exact) mass is 255 g/mol. The lowest BCUT2D eigenvalue weighted by molar-refractivity contribution is 0.118. The zero-order chi connectivity index (χ0) is 13.4. The van der Waals surface area contributed by atoms with Gasteiger partial charge in [0, 0.05) is 13.2 Å². The molecule has 1 heterocycles. The van der Waals surface area contributed by atoms with Gasteiger partial charge in [0.1, 0.15) is 6.33 Å². The number of nitrogens with zero attached hydrogens (tertiary/aromatic N) is 2. The average Bonchev–Trinajstić information content (AvgIpc) is 2.37. The lowest BCUT2D eigenvalue weighted by Crippen LogP contribution is -2.15. The SMILES string of the molecule is COc1c(NN)ncnc1NCCOCC(C)C. The Hall–Kier alpha value is -1.60. The van der Waals surface area contributed by atoms with Crippen LogP contribution in [-0.4, -0.2) is 36.8 Å². The van der Waals surface area contributed by atoms with Gasteiger partial charge in [0.05, 0.1) is 13.7 Å². The van der Waals surface area contributed by atoms with E-state index >= 15 is 0 Å². The fourth-order valence-electron chi connectivity index (χ4n) is 1.36. The topological polar surface area (TPSA) is 94.3 Å². The van der Waals surface area contributed by atoms with E-state index in [2.05, 4.69) is 34.6 Å². The van der Waals surface area contributed by atoms with E-state index in [1.807, 2.05) is 0 Å². The van der Waals surface area contributed by atoms with Crippen molar-refractivity contribution in [3.8, 4) is 5.75 Å². The van der Waals surface area contributed by atoms with Crippen LogP contribution in [0.3, 0.4) is 0 Å². The second-order valence-electron chi connectivity index (χ2n) is 4.14. The van der Waals surface area contributed by atoms with E-state index in [0.717, 1.165) is 6.61 Å². The maximum Gasteiger partial charge on any atom is 0.205 e. The molecule has 0 fully saturated rings. The number of hydrogen-bond donors (Lipinski definition) is 3. The molecular formula is C11H21N5O2. The zero-order valence-corrected chi connectivity index (χ0v) is 11.1. The van der Waals surface area contributed by atoms with E-state index in [1.54, 1.807) is 7.11 Å². The summed E-state index contributed by atoms with van der Waals surface area (Å²) in [6.45, 7) is 6.22. The number of nitrogens with one attached hydrogen (secondary N) is 2. The Kier molecular flexibility index (Phi) is 6.16. The van der Waals surface area contributed by atoms with Crippen molar-refractivity contribution in [2.75, 3.05) is 37.6 Å². The molecule has 0 spiro atoms. The minimum atomic E-state index is 0.443. The number of hydrazine groups is 1. The van der Waals surface area contributed by atoms with E-state index < -0.39 is 0 Å². The predicted octanol–water partition coefficient (Wildman–Crippen LogP) is 0.855. The van der Waals surface area contributed by atoms with Gasteiger partial charge >= 0.3 is 0 Å². The molecule has 0 amide bonds. The molecule has 0 aliphatic rings. The summed E-state index contributed by atoms with van der Waals surface area (Å²) in [5, 5.41) is 3.12. The molecule has 4 N–H and O–H groups in total. The van der Waals surface area contributed by atoms with Crippen molar-refractivity contribution in [1.82, 2.24) is 9.97 Å². The highest BCUT2D eigenvalue weighted by Gasteiger charge is 2.10. The van der Waals surface area contributed by atoms with Gasteiger partial charge in [0.15, 0.2) is 11.6 Å². The predicted molar refractivity (Wildman–Crippen MR) is 70.5 cm³/mol. The van der Waals surface area contributed by atoms with Crippen LogP contribution in [0.25, 0.3) is 0 Å². The molecule has 1 aromatic heterocycles. The first-order chi connectivity index (χ1) is 8.69. The largest absolute Gasteiger partial charge is 0.490 e. The van der Waals surface area contributed by atoms with Crippen molar-refractivity contribution in [3.05, 3.63) is 6.33 Å². The summed E-state index contributed by atoms with van der Waals surface area (Å²) in [4.78, 5) is 8.05. The fraction of sp³-hybridized carbons (Fsp3) is 0.636. The summed E-state index contributed by atoms with van der Waals surface area (Å²) in [5.74, 6) is 7.39. The minimum Gasteiger partial charge on any atom is -0.490 e. The van der Waals surface area contributed by atoms with Gasteiger partial charge in [0.25, 0.3) is 0 Å². The number of hydrogen-bond acceptors (Lipinski definition) is 7. The van der Waals surface area contributed by atoms with Crippen LogP contribution in [0, 0.1) is 5.92 Å². The van der Waals surface area contributed by atoms with Crippen molar-refractivity contribution < 1.29 is 9.47 Å². The molecule has 0 atom stereocenters. The Morgan fingerprint density at radius 2 is 2.06 bits per heavy atom. The van der Waals surface area contributed by atoms with E-state index in [0.29, 0.717) is 36.5 Å². The smallest absolute Gasteiger partial charge is 0.205 e. The Bertz CT molecular complexity index is 359. The Labute approximate surface area is 107 Å². The zero-order valence-electron chi connectivity index (χ0n) is 11.1. The van der Waals surface area contributed by atoms with E-state index in [4.69, 9.17) is 15.3 Å². The highest BCUT2D eigenvalue weighted by Crippen LogP contribution is 2.27. The average molecular weight is 255 g/mol. The number of ether oxygens (including phenoxy) is 2. The summed E-state index contributed by atoms with van der Waals surface area (Å²) in [5.41, 5.74) is 2.46. The second kappa shape index (κ2) is 7.67. The number of nitrogens with two attached hydrogens (primary N) is 1. The molecule has 1 aromatic rings. The summed E-state index contributed by atoms with van der Waals surface area (Å²) in [7, 11) is 1.54. The van der Waals surface area contributed by atoms with Crippen LogP contribution in [0.1, 0.15) is 13.8 Å². The number of anilines is 2. The molecule has 7 heteroatoms. The molecule has 0 bridgehead atoms. The van der Waals surface area contributed by atoms with Crippen LogP contribution >= 0.6 is 0 Å². The summed E-state index contributed by atoms with van der Waals surface area (Å²) < 4.78 is 10.7. The first kappa shape index (κ1) is 14.5. The lowest BCUT2D eigenvalue weighted by Gasteiger charge is -2.12. The molecule has 0 aliphatic heterocycles. The molecular weight excluding hydrogens is 234 g/mol. The van der Waals surface area contributed by atoms with E-state index in [9.17, 15) is 0 Å². The van der Waals surface area contributed by atoms with Gasteiger partial charge in [-0.15, -0.1) is 0 Å². The minimum absolute atomic E-state index is 0.443. The van der Waals surface area contributed by atoms with Crippen LogP contribution in [0.15, 0.2) is 6.33 Å². The van der Waals surface area contributed by atoms with Gasteiger partial charge in [-0.2, -0.15) is 0 Å². The second-order valence-corrected chi connectivity index (χ2v) is 4.14.